The van der Waals surface area contributed by atoms with Crippen molar-refractivity contribution in [2.75, 3.05) is 11.9 Å². The van der Waals surface area contributed by atoms with Gasteiger partial charge in [0.05, 0.1) is 12.2 Å². The minimum Gasteiger partial charge on any atom is -0.493 e. The zero-order chi connectivity index (χ0) is 18.2. The summed E-state index contributed by atoms with van der Waals surface area (Å²) in [5, 5.41) is 2.89. The molecule has 1 heterocycles. The minimum absolute atomic E-state index is 0.219. The number of hydrogen-bond donors (Lipinski definition) is 1. The number of nitrogens with one attached hydrogen (secondary N) is 1. The molecule has 0 bridgehead atoms. The second-order valence-electron chi connectivity index (χ2n) is 5.43. The number of carbonyl (C=O) groups is 1. The van der Waals surface area contributed by atoms with Crippen LogP contribution in [0.5, 0.6) is 5.75 Å². The van der Waals surface area contributed by atoms with Gasteiger partial charge in [-0.3, -0.25) is 4.79 Å². The van der Waals surface area contributed by atoms with Crippen molar-refractivity contribution in [3.8, 4) is 17.6 Å². The Labute approximate surface area is 152 Å². The third-order valence-electron chi connectivity index (χ3n) is 3.55. The molecule has 26 heavy (non-hydrogen) atoms. The number of nitrogens with zero attached hydrogens (tertiary/aromatic N) is 1. The second-order valence-corrected chi connectivity index (χ2v) is 5.43. The van der Waals surface area contributed by atoms with Crippen LogP contribution in [0.2, 0.25) is 0 Å². The Hall–Kier alpha value is -3.58. The van der Waals surface area contributed by atoms with E-state index < -0.39 is 0 Å². The van der Waals surface area contributed by atoms with Crippen LogP contribution in [0.3, 0.4) is 0 Å². The first-order valence-electron chi connectivity index (χ1n) is 8.32. The number of aromatic nitrogens is 1. The molecule has 0 fully saturated rings. The molecule has 1 aromatic heterocycles. The maximum Gasteiger partial charge on any atom is 0.259 e. The molecule has 0 aliphatic rings. The lowest BCUT2D eigenvalue weighted by Crippen LogP contribution is -2.13. The molecule has 1 N–H and O–H groups in total. The molecule has 0 atom stereocenters. The number of rotatable bonds is 4. The lowest BCUT2D eigenvalue weighted by Gasteiger charge is -2.10. The number of para-hydroxylation sites is 1. The van der Waals surface area contributed by atoms with Crippen LogP contribution < -0.4 is 10.1 Å². The third kappa shape index (κ3) is 4.49. The van der Waals surface area contributed by atoms with Gasteiger partial charge in [-0.1, -0.05) is 30.2 Å². The van der Waals surface area contributed by atoms with Crippen LogP contribution in [0.25, 0.3) is 0 Å². The first kappa shape index (κ1) is 17.2. The number of hydrogen-bond acceptors (Lipinski definition) is 3. The van der Waals surface area contributed by atoms with Gasteiger partial charge < -0.3 is 10.1 Å². The van der Waals surface area contributed by atoms with Crippen LogP contribution >= 0.6 is 0 Å². The standard InChI is InChI=1S/C22H18N2O2/c1-2-26-21-12-4-3-11-20(21)22(25)24-19-10-7-8-17(16-19)13-14-18-9-5-6-15-23-18/h3-12,15-16H,2H2,1H3,(H,24,25). The molecule has 0 spiro atoms. The van der Waals surface area contributed by atoms with Gasteiger partial charge >= 0.3 is 0 Å². The Bertz CT molecular complexity index is 956. The summed E-state index contributed by atoms with van der Waals surface area (Å²) in [5.74, 6) is 6.41. The average molecular weight is 342 g/mol. The van der Waals surface area contributed by atoms with Gasteiger partial charge in [0.1, 0.15) is 11.4 Å². The predicted octanol–water partition coefficient (Wildman–Crippen LogP) is 4.13. The van der Waals surface area contributed by atoms with Crippen molar-refractivity contribution < 1.29 is 9.53 Å². The Kier molecular flexibility index (Phi) is 5.64. The highest BCUT2D eigenvalue weighted by Gasteiger charge is 2.12. The number of ether oxygens (including phenoxy) is 1. The summed E-state index contributed by atoms with van der Waals surface area (Å²) in [6.45, 7) is 2.39. The van der Waals surface area contributed by atoms with Gasteiger partial charge in [-0.05, 0) is 55.3 Å². The smallest absolute Gasteiger partial charge is 0.259 e. The number of benzene rings is 2. The van der Waals surface area contributed by atoms with Gasteiger partial charge in [0, 0.05) is 17.4 Å². The molecule has 0 radical (unpaired) electrons. The average Bonchev–Trinajstić information content (AvgIpc) is 2.68. The van der Waals surface area contributed by atoms with Crippen molar-refractivity contribution in [2.45, 2.75) is 6.92 Å². The molecule has 4 heteroatoms. The molecule has 128 valence electrons. The zero-order valence-corrected chi connectivity index (χ0v) is 14.4. The Morgan fingerprint density at radius 3 is 2.69 bits per heavy atom. The van der Waals surface area contributed by atoms with Crippen LogP contribution in [-0.4, -0.2) is 17.5 Å². The first-order chi connectivity index (χ1) is 12.8. The van der Waals surface area contributed by atoms with E-state index in [-0.39, 0.29) is 5.91 Å². The number of carbonyl (C=O) groups excluding carboxylic acids is 1. The van der Waals surface area contributed by atoms with Crippen molar-refractivity contribution in [3.05, 3.63) is 89.7 Å². The van der Waals surface area contributed by atoms with Gasteiger partial charge in [-0.15, -0.1) is 0 Å². The Morgan fingerprint density at radius 2 is 1.88 bits per heavy atom. The second kappa shape index (κ2) is 8.50. The molecule has 0 saturated carbocycles. The quantitative estimate of drug-likeness (QED) is 0.725. The molecular weight excluding hydrogens is 324 g/mol. The topological polar surface area (TPSA) is 51.2 Å². The lowest BCUT2D eigenvalue weighted by atomic mass is 10.1. The molecule has 3 aromatic rings. The van der Waals surface area contributed by atoms with E-state index in [1.54, 1.807) is 18.3 Å². The van der Waals surface area contributed by atoms with Crippen LogP contribution in [0.4, 0.5) is 5.69 Å². The fourth-order valence-corrected chi connectivity index (χ4v) is 2.38. The maximum absolute atomic E-state index is 12.6. The summed E-state index contributed by atoms with van der Waals surface area (Å²) in [5.41, 5.74) is 2.67. The van der Waals surface area contributed by atoms with Crippen molar-refractivity contribution >= 4 is 11.6 Å². The summed E-state index contributed by atoms with van der Waals surface area (Å²) in [6, 6.07) is 20.2. The van der Waals surface area contributed by atoms with Crippen LogP contribution in [-0.2, 0) is 0 Å². The van der Waals surface area contributed by atoms with Crippen LogP contribution in [0, 0.1) is 11.8 Å². The van der Waals surface area contributed by atoms with E-state index in [1.165, 1.54) is 0 Å². The molecule has 0 aliphatic heterocycles. The monoisotopic (exact) mass is 342 g/mol. The third-order valence-corrected chi connectivity index (χ3v) is 3.55. The van der Waals surface area contributed by atoms with Gasteiger partial charge in [0.15, 0.2) is 0 Å². The van der Waals surface area contributed by atoms with E-state index in [0.29, 0.717) is 29.3 Å². The van der Waals surface area contributed by atoms with Crippen molar-refractivity contribution in [3.63, 3.8) is 0 Å². The van der Waals surface area contributed by atoms with E-state index in [2.05, 4.69) is 22.1 Å². The zero-order valence-electron chi connectivity index (χ0n) is 14.4. The largest absolute Gasteiger partial charge is 0.493 e. The van der Waals surface area contributed by atoms with Gasteiger partial charge in [0.25, 0.3) is 5.91 Å². The normalized spacial score (nSPS) is 9.73. The molecule has 0 saturated heterocycles. The van der Waals surface area contributed by atoms with E-state index in [4.69, 9.17) is 4.74 Å². The van der Waals surface area contributed by atoms with E-state index >= 15 is 0 Å². The highest BCUT2D eigenvalue weighted by atomic mass is 16.5. The van der Waals surface area contributed by atoms with Crippen molar-refractivity contribution in [1.29, 1.82) is 0 Å². The summed E-state index contributed by atoms with van der Waals surface area (Å²) < 4.78 is 5.52. The van der Waals surface area contributed by atoms with Crippen molar-refractivity contribution in [1.82, 2.24) is 4.98 Å². The molecule has 4 nitrogen and oxygen atoms in total. The summed E-state index contributed by atoms with van der Waals surface area (Å²) >= 11 is 0. The van der Waals surface area contributed by atoms with Crippen molar-refractivity contribution in [2.24, 2.45) is 0 Å². The Morgan fingerprint density at radius 1 is 1.04 bits per heavy atom. The molecular formula is C22H18N2O2. The number of amides is 1. The Balaban J connectivity index is 1.77. The maximum atomic E-state index is 12.6. The van der Waals surface area contributed by atoms with Gasteiger partial charge in [0.2, 0.25) is 0 Å². The van der Waals surface area contributed by atoms with Gasteiger partial charge in [-0.25, -0.2) is 4.98 Å². The van der Waals surface area contributed by atoms with Crippen LogP contribution in [0.15, 0.2) is 72.9 Å². The molecule has 2 aromatic carbocycles. The van der Waals surface area contributed by atoms with E-state index in [0.717, 1.165) is 5.56 Å². The predicted molar refractivity (Wildman–Crippen MR) is 102 cm³/mol. The van der Waals surface area contributed by atoms with Crippen LogP contribution in [0.1, 0.15) is 28.5 Å². The number of pyridine rings is 1. The highest BCUT2D eigenvalue weighted by Crippen LogP contribution is 2.20. The van der Waals surface area contributed by atoms with Gasteiger partial charge in [-0.2, -0.15) is 0 Å². The molecule has 0 unspecified atom stereocenters. The van der Waals surface area contributed by atoms with E-state index in [9.17, 15) is 4.79 Å². The SMILES string of the molecule is CCOc1ccccc1C(=O)Nc1cccc(C#Cc2ccccn2)c1. The summed E-state index contributed by atoms with van der Waals surface area (Å²) in [4.78, 5) is 16.7. The first-order valence-corrected chi connectivity index (χ1v) is 8.32. The minimum atomic E-state index is -0.219. The fourth-order valence-electron chi connectivity index (χ4n) is 2.38. The fraction of sp³-hybridized carbons (Fsp3) is 0.0909. The molecule has 1 amide bonds. The number of anilines is 1. The summed E-state index contributed by atoms with van der Waals surface area (Å²) in [6.07, 6.45) is 1.70. The highest BCUT2D eigenvalue weighted by molar-refractivity contribution is 6.06. The van der Waals surface area contributed by atoms with E-state index in [1.807, 2.05) is 61.5 Å². The summed E-state index contributed by atoms with van der Waals surface area (Å²) in [7, 11) is 0. The lowest BCUT2D eigenvalue weighted by molar-refractivity contribution is 0.102. The molecule has 3 rings (SSSR count). The molecule has 0 aliphatic carbocycles.